The number of hydrogen-bond acceptors (Lipinski definition) is 2. The number of aliphatic hydroxyl groups is 1. The minimum Gasteiger partial charge on any atom is -0.396 e. The number of aliphatic hydroxyl groups excluding tert-OH is 1. The summed E-state index contributed by atoms with van der Waals surface area (Å²) >= 11 is 0. The zero-order valence-corrected chi connectivity index (χ0v) is 10.9. The van der Waals surface area contributed by atoms with Crippen molar-refractivity contribution in [2.75, 3.05) is 13.2 Å². The molecule has 1 unspecified atom stereocenters. The lowest BCUT2D eigenvalue weighted by Gasteiger charge is -2.21. The van der Waals surface area contributed by atoms with Gasteiger partial charge in [-0.1, -0.05) is 24.3 Å². The second-order valence-electron chi connectivity index (χ2n) is 5.43. The first-order valence-electron chi connectivity index (χ1n) is 6.57. The summed E-state index contributed by atoms with van der Waals surface area (Å²) in [7, 11) is 0. The first-order chi connectivity index (χ1) is 8.17. The largest absolute Gasteiger partial charge is 0.396 e. The van der Waals surface area contributed by atoms with Gasteiger partial charge in [0.15, 0.2) is 0 Å². The molecular formula is C15H23NO. The topological polar surface area (TPSA) is 32.3 Å². The van der Waals surface area contributed by atoms with Gasteiger partial charge in [-0.05, 0) is 49.7 Å². The summed E-state index contributed by atoms with van der Waals surface area (Å²) in [6.07, 6.45) is 3.47. The highest BCUT2D eigenvalue weighted by Crippen LogP contribution is 2.48. The van der Waals surface area contributed by atoms with Crippen molar-refractivity contribution in [2.24, 2.45) is 5.41 Å². The SMILES string of the molecule is Cc1ccccc1C(C)NCC1(CCO)CC1. The van der Waals surface area contributed by atoms with Crippen molar-refractivity contribution in [2.45, 2.75) is 39.2 Å². The van der Waals surface area contributed by atoms with E-state index < -0.39 is 0 Å². The van der Waals surface area contributed by atoms with Gasteiger partial charge in [0.2, 0.25) is 0 Å². The molecule has 0 aromatic heterocycles. The molecule has 0 spiro atoms. The quantitative estimate of drug-likeness (QED) is 0.792. The number of benzene rings is 1. The number of hydrogen-bond donors (Lipinski definition) is 2. The van der Waals surface area contributed by atoms with Crippen molar-refractivity contribution in [1.29, 1.82) is 0 Å². The van der Waals surface area contributed by atoms with Crippen LogP contribution in [0.15, 0.2) is 24.3 Å². The molecule has 17 heavy (non-hydrogen) atoms. The van der Waals surface area contributed by atoms with Crippen molar-refractivity contribution in [3.8, 4) is 0 Å². The van der Waals surface area contributed by atoms with Crippen LogP contribution in [0.2, 0.25) is 0 Å². The molecule has 1 atom stereocenters. The Hall–Kier alpha value is -0.860. The lowest BCUT2D eigenvalue weighted by Crippen LogP contribution is -2.27. The highest BCUT2D eigenvalue weighted by atomic mass is 16.3. The lowest BCUT2D eigenvalue weighted by molar-refractivity contribution is 0.243. The molecule has 1 aliphatic carbocycles. The Bertz CT molecular complexity index is 371. The molecule has 0 radical (unpaired) electrons. The molecule has 2 rings (SSSR count). The average Bonchev–Trinajstić information content (AvgIpc) is 3.08. The van der Waals surface area contributed by atoms with Gasteiger partial charge in [-0.2, -0.15) is 0 Å². The van der Waals surface area contributed by atoms with Gasteiger partial charge >= 0.3 is 0 Å². The Morgan fingerprint density at radius 2 is 2.06 bits per heavy atom. The third-order valence-electron chi connectivity index (χ3n) is 4.04. The fourth-order valence-corrected chi connectivity index (χ4v) is 2.48. The van der Waals surface area contributed by atoms with Gasteiger partial charge in [-0.25, -0.2) is 0 Å². The van der Waals surface area contributed by atoms with Gasteiger partial charge in [0.1, 0.15) is 0 Å². The second-order valence-corrected chi connectivity index (χ2v) is 5.43. The average molecular weight is 233 g/mol. The Labute approximate surface area is 104 Å². The summed E-state index contributed by atoms with van der Waals surface area (Å²) in [5, 5.41) is 12.7. The minimum absolute atomic E-state index is 0.320. The molecule has 0 amide bonds. The van der Waals surface area contributed by atoms with E-state index in [0.29, 0.717) is 18.1 Å². The maximum Gasteiger partial charge on any atom is 0.0436 e. The second kappa shape index (κ2) is 5.19. The molecule has 1 saturated carbocycles. The molecule has 0 aliphatic heterocycles. The first kappa shape index (κ1) is 12.6. The summed E-state index contributed by atoms with van der Waals surface area (Å²) in [6.45, 7) is 5.73. The van der Waals surface area contributed by atoms with Crippen LogP contribution in [0.25, 0.3) is 0 Å². The van der Waals surface area contributed by atoms with Gasteiger partial charge in [0.05, 0.1) is 0 Å². The molecular weight excluding hydrogens is 210 g/mol. The number of rotatable bonds is 6. The van der Waals surface area contributed by atoms with Crippen LogP contribution in [0.1, 0.15) is 43.4 Å². The monoisotopic (exact) mass is 233 g/mol. The third-order valence-corrected chi connectivity index (χ3v) is 4.04. The molecule has 0 heterocycles. The fourth-order valence-electron chi connectivity index (χ4n) is 2.48. The van der Waals surface area contributed by atoms with Crippen molar-refractivity contribution in [3.63, 3.8) is 0 Å². The molecule has 1 fully saturated rings. The van der Waals surface area contributed by atoms with Crippen LogP contribution in [-0.2, 0) is 0 Å². The van der Waals surface area contributed by atoms with Crippen LogP contribution < -0.4 is 5.32 Å². The van der Waals surface area contributed by atoms with Crippen LogP contribution in [-0.4, -0.2) is 18.3 Å². The predicted molar refractivity (Wildman–Crippen MR) is 71.0 cm³/mol. The highest BCUT2D eigenvalue weighted by molar-refractivity contribution is 5.28. The van der Waals surface area contributed by atoms with Crippen molar-refractivity contribution < 1.29 is 5.11 Å². The molecule has 2 heteroatoms. The molecule has 1 aromatic carbocycles. The van der Waals surface area contributed by atoms with E-state index in [1.54, 1.807) is 0 Å². The summed E-state index contributed by atoms with van der Waals surface area (Å²) in [4.78, 5) is 0. The van der Waals surface area contributed by atoms with Gasteiger partial charge in [-0.15, -0.1) is 0 Å². The Morgan fingerprint density at radius 1 is 1.35 bits per heavy atom. The third kappa shape index (κ3) is 3.08. The fraction of sp³-hybridized carbons (Fsp3) is 0.600. The van der Waals surface area contributed by atoms with E-state index in [2.05, 4.69) is 43.4 Å². The van der Waals surface area contributed by atoms with Crippen LogP contribution in [0.5, 0.6) is 0 Å². The molecule has 2 N–H and O–H groups in total. The van der Waals surface area contributed by atoms with E-state index in [-0.39, 0.29) is 0 Å². The number of nitrogens with one attached hydrogen (secondary N) is 1. The summed E-state index contributed by atoms with van der Waals surface area (Å²) < 4.78 is 0. The molecule has 0 saturated heterocycles. The van der Waals surface area contributed by atoms with Gasteiger partial charge in [0.25, 0.3) is 0 Å². The van der Waals surface area contributed by atoms with E-state index in [0.717, 1.165) is 13.0 Å². The van der Waals surface area contributed by atoms with Gasteiger partial charge in [0, 0.05) is 19.2 Å². The van der Waals surface area contributed by atoms with E-state index in [9.17, 15) is 0 Å². The lowest BCUT2D eigenvalue weighted by atomic mass is 9.99. The van der Waals surface area contributed by atoms with Crippen molar-refractivity contribution >= 4 is 0 Å². The summed E-state index contributed by atoms with van der Waals surface area (Å²) in [5.41, 5.74) is 3.12. The Morgan fingerprint density at radius 3 is 2.65 bits per heavy atom. The van der Waals surface area contributed by atoms with E-state index in [1.165, 1.54) is 24.0 Å². The van der Waals surface area contributed by atoms with E-state index in [4.69, 9.17) is 5.11 Å². The Kier molecular flexibility index (Phi) is 3.85. The predicted octanol–water partition coefficient (Wildman–Crippen LogP) is 2.81. The molecule has 94 valence electrons. The molecule has 2 nitrogen and oxygen atoms in total. The maximum atomic E-state index is 9.04. The van der Waals surface area contributed by atoms with Crippen molar-refractivity contribution in [1.82, 2.24) is 5.32 Å². The van der Waals surface area contributed by atoms with E-state index in [1.807, 2.05) is 0 Å². The van der Waals surface area contributed by atoms with Gasteiger partial charge < -0.3 is 10.4 Å². The summed E-state index contributed by atoms with van der Waals surface area (Å²) in [5.74, 6) is 0. The van der Waals surface area contributed by atoms with Crippen LogP contribution in [0.3, 0.4) is 0 Å². The standard InChI is InChI=1S/C15H23NO/c1-12-5-3-4-6-14(12)13(2)16-11-15(7-8-15)9-10-17/h3-6,13,16-17H,7-11H2,1-2H3. The van der Waals surface area contributed by atoms with E-state index >= 15 is 0 Å². The minimum atomic E-state index is 0.320. The smallest absolute Gasteiger partial charge is 0.0436 e. The highest BCUT2D eigenvalue weighted by Gasteiger charge is 2.41. The molecule has 1 aliphatic rings. The van der Waals surface area contributed by atoms with Crippen LogP contribution in [0, 0.1) is 12.3 Å². The van der Waals surface area contributed by atoms with Crippen molar-refractivity contribution in [3.05, 3.63) is 35.4 Å². The zero-order chi connectivity index (χ0) is 12.3. The molecule has 0 bridgehead atoms. The Balaban J connectivity index is 1.90. The number of aryl methyl sites for hydroxylation is 1. The first-order valence-corrected chi connectivity index (χ1v) is 6.57. The maximum absolute atomic E-state index is 9.04. The molecule has 1 aromatic rings. The summed E-state index contributed by atoms with van der Waals surface area (Å²) in [6, 6.07) is 8.93. The van der Waals surface area contributed by atoms with Crippen LogP contribution >= 0.6 is 0 Å². The van der Waals surface area contributed by atoms with Gasteiger partial charge in [-0.3, -0.25) is 0 Å². The zero-order valence-electron chi connectivity index (χ0n) is 10.9. The van der Waals surface area contributed by atoms with Crippen LogP contribution in [0.4, 0.5) is 0 Å². The normalized spacial score (nSPS) is 19.0.